The highest BCUT2D eigenvalue weighted by Gasteiger charge is 2.21. The van der Waals surface area contributed by atoms with Crippen molar-refractivity contribution in [2.24, 2.45) is 0 Å². The van der Waals surface area contributed by atoms with Crippen LogP contribution in [0.1, 0.15) is 28.2 Å². The maximum atomic E-state index is 12.8. The Labute approximate surface area is 161 Å². The zero-order valence-corrected chi connectivity index (χ0v) is 15.1. The first-order valence-corrected chi connectivity index (χ1v) is 8.89. The van der Waals surface area contributed by atoms with Gasteiger partial charge in [0.25, 0.3) is 5.56 Å². The highest BCUT2D eigenvalue weighted by Crippen LogP contribution is 2.28. The summed E-state index contributed by atoms with van der Waals surface area (Å²) < 4.78 is 7.14. The van der Waals surface area contributed by atoms with Gasteiger partial charge in [0.05, 0.1) is 16.5 Å². The molecule has 4 rings (SSSR count). The number of aromatic carboxylic acids is 1. The summed E-state index contributed by atoms with van der Waals surface area (Å²) in [7, 11) is 0. The first-order chi connectivity index (χ1) is 13.6. The van der Waals surface area contributed by atoms with E-state index in [9.17, 15) is 14.7 Å². The average Bonchev–Trinajstić information content (AvgIpc) is 3.10. The molecule has 2 aromatic carbocycles. The molecule has 28 heavy (non-hydrogen) atoms. The Hall–Kier alpha value is -3.67. The summed E-state index contributed by atoms with van der Waals surface area (Å²) in [5.74, 6) is 0.307. The van der Waals surface area contributed by atoms with Gasteiger partial charge in [0.1, 0.15) is 18.2 Å². The Bertz CT molecular complexity index is 1170. The van der Waals surface area contributed by atoms with Gasteiger partial charge >= 0.3 is 5.97 Å². The Morgan fingerprint density at radius 3 is 2.75 bits per heavy atom. The molecule has 1 aromatic heterocycles. The minimum atomic E-state index is -1.04. The molecule has 0 saturated carbocycles. The normalized spacial score (nSPS) is 14.2. The highest BCUT2D eigenvalue weighted by molar-refractivity contribution is 5.93. The van der Waals surface area contributed by atoms with Crippen LogP contribution in [0, 0.1) is 0 Å². The second-order valence-corrected chi connectivity index (χ2v) is 6.52. The van der Waals surface area contributed by atoms with Crippen molar-refractivity contribution >= 4 is 28.5 Å². The number of ether oxygens (including phenoxy) is 1. The molecule has 0 amide bonds. The summed E-state index contributed by atoms with van der Waals surface area (Å²) in [6.07, 6.45) is 4.38. The van der Waals surface area contributed by atoms with Crippen molar-refractivity contribution in [3.8, 4) is 5.75 Å². The van der Waals surface area contributed by atoms with Gasteiger partial charge in [-0.2, -0.15) is 0 Å². The summed E-state index contributed by atoms with van der Waals surface area (Å²) in [5.41, 5.74) is 2.29. The summed E-state index contributed by atoms with van der Waals surface area (Å²) >= 11 is 0. The quantitative estimate of drug-likeness (QED) is 0.690. The van der Waals surface area contributed by atoms with Crippen LogP contribution in [0.15, 0.2) is 59.9 Å². The van der Waals surface area contributed by atoms with Gasteiger partial charge in [-0.3, -0.25) is 9.36 Å². The molecule has 0 atom stereocenters. The molecule has 1 aliphatic heterocycles. The molecule has 0 radical (unpaired) electrons. The lowest BCUT2D eigenvalue weighted by atomic mass is 10.1. The predicted molar refractivity (Wildman–Crippen MR) is 108 cm³/mol. The van der Waals surface area contributed by atoms with Crippen molar-refractivity contribution in [1.82, 2.24) is 9.55 Å². The van der Waals surface area contributed by atoms with E-state index in [1.165, 1.54) is 18.2 Å². The van der Waals surface area contributed by atoms with Gasteiger partial charge in [-0.25, -0.2) is 9.78 Å². The van der Waals surface area contributed by atoms with Crippen molar-refractivity contribution in [3.05, 3.63) is 82.4 Å². The van der Waals surface area contributed by atoms with Crippen LogP contribution >= 0.6 is 0 Å². The number of allylic oxidation sites excluding steroid dienone is 1. The smallest absolute Gasteiger partial charge is 0.335 e. The number of fused-ring (bicyclic) bond motifs is 2. The van der Waals surface area contributed by atoms with E-state index >= 15 is 0 Å². The molecular weight excluding hydrogens is 356 g/mol. The maximum Gasteiger partial charge on any atom is 0.335 e. The number of aromatic nitrogens is 2. The van der Waals surface area contributed by atoms with Gasteiger partial charge in [-0.15, -0.1) is 0 Å². The van der Waals surface area contributed by atoms with Crippen LogP contribution in [-0.4, -0.2) is 27.2 Å². The Balaban J connectivity index is 1.74. The molecule has 0 spiro atoms. The zero-order valence-electron chi connectivity index (χ0n) is 15.1. The van der Waals surface area contributed by atoms with Crippen LogP contribution in [0.25, 0.3) is 22.6 Å². The van der Waals surface area contributed by atoms with Crippen LogP contribution in [-0.2, 0) is 6.54 Å². The fourth-order valence-electron chi connectivity index (χ4n) is 3.30. The van der Waals surface area contributed by atoms with Gasteiger partial charge in [0.2, 0.25) is 0 Å². The van der Waals surface area contributed by atoms with E-state index in [1.54, 1.807) is 10.6 Å². The molecule has 6 heteroatoms. The third kappa shape index (κ3) is 3.20. The number of carbonyl (C=O) groups is 1. The van der Waals surface area contributed by atoms with Crippen LogP contribution < -0.4 is 10.3 Å². The van der Waals surface area contributed by atoms with E-state index in [0.717, 1.165) is 16.9 Å². The number of carboxylic acids is 1. The Morgan fingerprint density at radius 1 is 1.25 bits per heavy atom. The fraction of sp³-hybridized carbons (Fsp3) is 0.136. The molecule has 140 valence electrons. The Morgan fingerprint density at radius 2 is 2.04 bits per heavy atom. The maximum absolute atomic E-state index is 12.8. The van der Waals surface area contributed by atoms with Crippen LogP contribution in [0.2, 0.25) is 0 Å². The van der Waals surface area contributed by atoms with E-state index in [4.69, 9.17) is 4.74 Å². The van der Waals surface area contributed by atoms with E-state index in [0.29, 0.717) is 36.3 Å². The van der Waals surface area contributed by atoms with E-state index < -0.39 is 5.97 Å². The van der Waals surface area contributed by atoms with Gasteiger partial charge in [-0.1, -0.05) is 24.8 Å². The number of nitrogens with zero attached hydrogens (tertiary/aromatic N) is 2. The SMILES string of the molecule is C=CCOc1ccc(/C=C2\CCn3c2nc2cc(C(=O)O)ccc2c3=O)cc1. The summed E-state index contributed by atoms with van der Waals surface area (Å²) in [4.78, 5) is 28.6. The molecule has 0 unspecified atom stereocenters. The van der Waals surface area contributed by atoms with Crippen LogP contribution in [0.5, 0.6) is 5.75 Å². The summed E-state index contributed by atoms with van der Waals surface area (Å²) in [6, 6.07) is 12.1. The van der Waals surface area contributed by atoms with Crippen molar-refractivity contribution in [3.63, 3.8) is 0 Å². The molecule has 3 aromatic rings. The van der Waals surface area contributed by atoms with Gasteiger partial charge < -0.3 is 9.84 Å². The first kappa shape index (κ1) is 17.7. The molecule has 1 aliphatic rings. The zero-order chi connectivity index (χ0) is 19.7. The lowest BCUT2D eigenvalue weighted by Crippen LogP contribution is -2.20. The lowest BCUT2D eigenvalue weighted by Gasteiger charge is -2.07. The largest absolute Gasteiger partial charge is 0.490 e. The highest BCUT2D eigenvalue weighted by atomic mass is 16.5. The number of hydrogen-bond acceptors (Lipinski definition) is 4. The molecule has 2 heterocycles. The van der Waals surface area contributed by atoms with Crippen molar-refractivity contribution in [2.75, 3.05) is 6.61 Å². The minimum Gasteiger partial charge on any atom is -0.490 e. The lowest BCUT2D eigenvalue weighted by molar-refractivity contribution is 0.0697. The molecule has 0 fully saturated rings. The van der Waals surface area contributed by atoms with Gasteiger partial charge in [-0.05, 0) is 54.0 Å². The molecule has 1 N–H and O–H groups in total. The summed E-state index contributed by atoms with van der Waals surface area (Å²) in [6.45, 7) is 4.64. The van der Waals surface area contributed by atoms with Crippen LogP contribution in [0.3, 0.4) is 0 Å². The fourth-order valence-corrected chi connectivity index (χ4v) is 3.30. The summed E-state index contributed by atoms with van der Waals surface area (Å²) in [5, 5.41) is 9.62. The monoisotopic (exact) mass is 374 g/mol. The van der Waals surface area contributed by atoms with E-state index in [-0.39, 0.29) is 11.1 Å². The van der Waals surface area contributed by atoms with Crippen molar-refractivity contribution < 1.29 is 14.6 Å². The molecule has 0 bridgehead atoms. The molecule has 6 nitrogen and oxygen atoms in total. The first-order valence-electron chi connectivity index (χ1n) is 8.89. The van der Waals surface area contributed by atoms with Crippen molar-refractivity contribution in [1.29, 1.82) is 0 Å². The number of carboxylic acid groups (broad SMARTS) is 1. The standard InChI is InChI=1S/C22H18N2O4/c1-2-11-28-17-6-3-14(4-7-17)12-15-9-10-24-20(15)23-19-13-16(22(26)27)5-8-18(19)21(24)25/h2-8,12-13H,1,9-11H2,(H,26,27)/b15-12+. The number of rotatable bonds is 5. The third-order valence-electron chi connectivity index (χ3n) is 4.68. The molecule has 0 aliphatic carbocycles. The van der Waals surface area contributed by atoms with Gasteiger partial charge in [0, 0.05) is 6.54 Å². The van der Waals surface area contributed by atoms with Crippen LogP contribution in [0.4, 0.5) is 0 Å². The number of benzene rings is 2. The predicted octanol–water partition coefficient (Wildman–Crippen LogP) is 3.60. The topological polar surface area (TPSA) is 81.4 Å². The second-order valence-electron chi connectivity index (χ2n) is 6.52. The average molecular weight is 374 g/mol. The van der Waals surface area contributed by atoms with Gasteiger partial charge in [0.15, 0.2) is 0 Å². The third-order valence-corrected chi connectivity index (χ3v) is 4.68. The molecular formula is C22H18N2O4. The van der Waals surface area contributed by atoms with Crippen molar-refractivity contribution in [2.45, 2.75) is 13.0 Å². The molecule has 0 saturated heterocycles. The minimum absolute atomic E-state index is 0.114. The van der Waals surface area contributed by atoms with E-state index in [2.05, 4.69) is 11.6 Å². The second kappa shape index (κ2) is 7.15. The number of hydrogen-bond donors (Lipinski definition) is 1. The van der Waals surface area contributed by atoms with E-state index in [1.807, 2.05) is 30.3 Å². The Kier molecular flexibility index (Phi) is 4.53.